The molecule has 2 heterocycles. The first-order chi connectivity index (χ1) is 11.1. The van der Waals surface area contributed by atoms with Gasteiger partial charge >= 0.3 is 5.91 Å². The molecule has 4 nitrogen and oxygen atoms in total. The molecule has 0 radical (unpaired) electrons. The van der Waals surface area contributed by atoms with Crippen LogP contribution in [0.15, 0.2) is 46.9 Å². The molecule has 0 aromatic heterocycles. The molecule has 2 aliphatic heterocycles. The van der Waals surface area contributed by atoms with Crippen LogP contribution in [0.25, 0.3) is 0 Å². The van der Waals surface area contributed by atoms with Gasteiger partial charge in [0.15, 0.2) is 6.67 Å². The zero-order valence-electron chi connectivity index (χ0n) is 12.5. The minimum atomic E-state index is -0.413. The number of amides is 1. The highest BCUT2D eigenvalue weighted by molar-refractivity contribution is 9.10. The van der Waals surface area contributed by atoms with Crippen molar-refractivity contribution in [2.45, 2.75) is 13.0 Å². The van der Waals surface area contributed by atoms with Crippen LogP contribution >= 0.6 is 15.9 Å². The van der Waals surface area contributed by atoms with Crippen molar-refractivity contribution < 1.29 is 14.5 Å². The molecule has 2 aromatic rings. The highest BCUT2D eigenvalue weighted by Crippen LogP contribution is 2.30. The Morgan fingerprint density at radius 1 is 1.09 bits per heavy atom. The van der Waals surface area contributed by atoms with Gasteiger partial charge in [0, 0.05) is 16.5 Å². The Hall–Kier alpha value is -1.98. The van der Waals surface area contributed by atoms with Crippen molar-refractivity contribution in [3.8, 4) is 0 Å². The maximum absolute atomic E-state index is 12.3. The maximum atomic E-state index is 12.3. The summed E-state index contributed by atoms with van der Waals surface area (Å²) in [5.41, 5.74) is 3.96. The molecule has 0 bridgehead atoms. The van der Waals surface area contributed by atoms with E-state index in [1.165, 1.54) is 16.0 Å². The van der Waals surface area contributed by atoms with Crippen LogP contribution in [0, 0.1) is 0 Å². The fraction of sp³-hybridized carbons (Fsp3) is 0.222. The predicted molar refractivity (Wildman–Crippen MR) is 90.5 cm³/mol. The van der Waals surface area contributed by atoms with Crippen molar-refractivity contribution in [1.29, 1.82) is 0 Å². The quantitative estimate of drug-likeness (QED) is 0.814. The summed E-state index contributed by atoms with van der Waals surface area (Å²) < 4.78 is 0.818. The van der Waals surface area contributed by atoms with Crippen LogP contribution < -0.4 is 9.80 Å². The number of hydrogen-bond donors (Lipinski definition) is 1. The van der Waals surface area contributed by atoms with Crippen molar-refractivity contribution in [2.75, 3.05) is 18.1 Å². The minimum absolute atomic E-state index is 0.405. The SMILES string of the molecule is O=C1C(=O)N(C[NH+]2CCc3ccccc3C2)c2ccc(Br)cc21. The van der Waals surface area contributed by atoms with Gasteiger partial charge in [0.2, 0.25) is 0 Å². The van der Waals surface area contributed by atoms with Gasteiger partial charge in [0.25, 0.3) is 5.78 Å². The third-order valence-corrected chi connectivity index (χ3v) is 5.12. The van der Waals surface area contributed by atoms with Gasteiger partial charge in [-0.1, -0.05) is 40.2 Å². The second kappa shape index (κ2) is 5.58. The summed E-state index contributed by atoms with van der Waals surface area (Å²) in [6.07, 6.45) is 1.01. The topological polar surface area (TPSA) is 41.8 Å². The van der Waals surface area contributed by atoms with Gasteiger partial charge < -0.3 is 4.90 Å². The molecule has 0 aliphatic carbocycles. The number of quaternary nitrogens is 1. The first kappa shape index (κ1) is 14.6. The summed E-state index contributed by atoms with van der Waals surface area (Å²) in [5, 5.41) is 0. The number of halogens is 1. The summed E-state index contributed by atoms with van der Waals surface area (Å²) >= 11 is 3.36. The number of carbonyl (C=O) groups excluding carboxylic acids is 2. The van der Waals surface area contributed by atoms with Crippen molar-refractivity contribution in [3.63, 3.8) is 0 Å². The van der Waals surface area contributed by atoms with Crippen LogP contribution in [0.2, 0.25) is 0 Å². The summed E-state index contributed by atoms with van der Waals surface area (Å²) in [6, 6.07) is 13.9. The summed E-state index contributed by atoms with van der Waals surface area (Å²) in [6.45, 7) is 2.40. The molecule has 1 amide bonds. The van der Waals surface area contributed by atoms with Crippen LogP contribution in [0.3, 0.4) is 0 Å². The number of carbonyl (C=O) groups is 2. The Bertz CT molecular complexity index is 818. The van der Waals surface area contributed by atoms with E-state index in [9.17, 15) is 9.59 Å². The standard InChI is InChI=1S/C18H15BrN2O2/c19-14-5-6-16-15(9-14)17(22)18(23)21(16)11-20-8-7-12-3-1-2-4-13(12)10-20/h1-6,9H,7-8,10-11H2/p+1. The fourth-order valence-electron chi connectivity index (χ4n) is 3.43. The van der Waals surface area contributed by atoms with Gasteiger partial charge in [-0.15, -0.1) is 0 Å². The first-order valence-corrected chi connectivity index (χ1v) is 8.49. The Labute approximate surface area is 142 Å². The molecule has 1 N–H and O–H groups in total. The molecular weight excluding hydrogens is 356 g/mol. The molecule has 0 saturated carbocycles. The van der Waals surface area contributed by atoms with E-state index in [4.69, 9.17) is 0 Å². The highest BCUT2D eigenvalue weighted by Gasteiger charge is 2.38. The molecule has 5 heteroatoms. The second-order valence-corrected chi connectivity index (χ2v) is 6.99. The predicted octanol–water partition coefficient (Wildman–Crippen LogP) is 1.58. The largest absolute Gasteiger partial charge is 0.313 e. The number of fused-ring (bicyclic) bond motifs is 2. The Balaban J connectivity index is 1.59. The number of anilines is 1. The van der Waals surface area contributed by atoms with Gasteiger partial charge in [0.1, 0.15) is 6.54 Å². The smallest absolute Gasteiger partial charge is 0.303 e. The fourth-order valence-corrected chi connectivity index (χ4v) is 3.79. The molecule has 0 saturated heterocycles. The Morgan fingerprint density at radius 3 is 2.70 bits per heavy atom. The molecule has 4 rings (SSSR count). The lowest BCUT2D eigenvalue weighted by atomic mass is 10.0. The van der Waals surface area contributed by atoms with E-state index >= 15 is 0 Å². The highest BCUT2D eigenvalue weighted by atomic mass is 79.9. The molecule has 0 spiro atoms. The van der Waals surface area contributed by atoms with Gasteiger partial charge in [0.05, 0.1) is 17.8 Å². The van der Waals surface area contributed by atoms with Crippen molar-refractivity contribution in [1.82, 2.24) is 0 Å². The van der Waals surface area contributed by atoms with E-state index in [-0.39, 0.29) is 0 Å². The average Bonchev–Trinajstić information content (AvgIpc) is 2.79. The minimum Gasteiger partial charge on any atom is -0.313 e. The molecule has 2 aromatic carbocycles. The van der Waals surface area contributed by atoms with Gasteiger partial charge in [-0.2, -0.15) is 0 Å². The second-order valence-electron chi connectivity index (χ2n) is 6.08. The van der Waals surface area contributed by atoms with Gasteiger partial charge in [-0.05, 0) is 23.8 Å². The lowest BCUT2D eigenvalue weighted by Crippen LogP contribution is -3.13. The van der Waals surface area contributed by atoms with E-state index in [2.05, 4.69) is 40.2 Å². The number of nitrogens with one attached hydrogen (secondary N) is 1. The summed E-state index contributed by atoms with van der Waals surface area (Å²) in [4.78, 5) is 27.5. The molecule has 23 heavy (non-hydrogen) atoms. The monoisotopic (exact) mass is 371 g/mol. The molecule has 0 fully saturated rings. The van der Waals surface area contributed by atoms with Crippen LogP contribution in [0.5, 0.6) is 0 Å². The Kier molecular flexibility index (Phi) is 3.54. The zero-order chi connectivity index (χ0) is 16.0. The number of hydrogen-bond acceptors (Lipinski definition) is 2. The van der Waals surface area contributed by atoms with Crippen LogP contribution in [-0.4, -0.2) is 24.9 Å². The maximum Gasteiger partial charge on any atom is 0.303 e. The van der Waals surface area contributed by atoms with E-state index in [0.717, 1.165) is 29.7 Å². The van der Waals surface area contributed by atoms with Crippen LogP contribution in [-0.2, 0) is 17.8 Å². The number of Topliss-reactive ketones (excluding diaryl/α,β-unsaturated/α-hetero) is 1. The summed E-state index contributed by atoms with van der Waals surface area (Å²) in [5.74, 6) is -0.817. The number of nitrogens with zero attached hydrogens (tertiary/aromatic N) is 1. The molecule has 1 unspecified atom stereocenters. The number of ketones is 1. The molecule has 116 valence electrons. The third-order valence-electron chi connectivity index (χ3n) is 4.62. The van der Waals surface area contributed by atoms with Crippen LogP contribution in [0.1, 0.15) is 21.5 Å². The van der Waals surface area contributed by atoms with Crippen LogP contribution in [0.4, 0.5) is 5.69 Å². The van der Waals surface area contributed by atoms with Gasteiger partial charge in [-0.3, -0.25) is 14.5 Å². The third kappa shape index (κ3) is 2.50. The van der Waals surface area contributed by atoms with E-state index in [1.807, 2.05) is 12.1 Å². The molecular formula is C18H16BrN2O2+. The number of rotatable bonds is 2. The van der Waals surface area contributed by atoms with Crippen molar-refractivity contribution in [2.24, 2.45) is 0 Å². The Morgan fingerprint density at radius 2 is 1.87 bits per heavy atom. The first-order valence-electron chi connectivity index (χ1n) is 7.69. The number of benzene rings is 2. The lowest BCUT2D eigenvalue weighted by molar-refractivity contribution is -0.914. The van der Waals surface area contributed by atoms with E-state index in [1.54, 1.807) is 11.0 Å². The average molecular weight is 372 g/mol. The molecule has 2 aliphatic rings. The van der Waals surface area contributed by atoms with Crippen molar-refractivity contribution in [3.05, 3.63) is 63.6 Å². The zero-order valence-corrected chi connectivity index (χ0v) is 14.1. The van der Waals surface area contributed by atoms with Gasteiger partial charge in [-0.25, -0.2) is 0 Å². The van der Waals surface area contributed by atoms with Crippen molar-refractivity contribution >= 4 is 33.3 Å². The van der Waals surface area contributed by atoms with E-state index < -0.39 is 11.7 Å². The normalized spacial score (nSPS) is 19.7. The summed E-state index contributed by atoms with van der Waals surface area (Å²) in [7, 11) is 0. The van der Waals surface area contributed by atoms with E-state index in [0.29, 0.717) is 12.2 Å². The lowest BCUT2D eigenvalue weighted by Gasteiger charge is -2.29. The molecule has 1 atom stereocenters.